The van der Waals surface area contributed by atoms with Crippen molar-refractivity contribution in [3.05, 3.63) is 51.8 Å². The van der Waals surface area contributed by atoms with Gasteiger partial charge in [0, 0.05) is 5.69 Å². The predicted octanol–water partition coefficient (Wildman–Crippen LogP) is 5.47. The fourth-order valence-electron chi connectivity index (χ4n) is 2.78. The van der Waals surface area contributed by atoms with E-state index in [1.165, 1.54) is 11.8 Å². The quantitative estimate of drug-likeness (QED) is 0.429. The van der Waals surface area contributed by atoms with Gasteiger partial charge >= 0.3 is 0 Å². The number of anilines is 1. The van der Waals surface area contributed by atoms with Crippen LogP contribution in [0.15, 0.2) is 40.7 Å². The van der Waals surface area contributed by atoms with Gasteiger partial charge in [0.2, 0.25) is 5.91 Å². The highest BCUT2D eigenvalue weighted by Gasteiger charge is 2.17. The molecular formula is C20H18N4OS3. The zero-order valence-electron chi connectivity index (χ0n) is 15.6. The standard InChI is InChI=1S/C20H18N4OS3/c1-11-6-7-12(2)14(9-11)22-16(25)10-27-20-18-19(28-13(3)21-18)17(23-24-20)15-5-4-8-26-15/h4-9H,10H2,1-3H3,(H,22,25). The first-order valence-electron chi connectivity index (χ1n) is 8.69. The summed E-state index contributed by atoms with van der Waals surface area (Å²) < 4.78 is 1.02. The molecule has 8 heteroatoms. The molecule has 4 rings (SSSR count). The highest BCUT2D eigenvalue weighted by molar-refractivity contribution is 8.00. The Morgan fingerprint density at radius 3 is 2.82 bits per heavy atom. The number of thioether (sulfide) groups is 1. The summed E-state index contributed by atoms with van der Waals surface area (Å²) in [5.41, 5.74) is 4.69. The van der Waals surface area contributed by atoms with Crippen LogP contribution in [0.1, 0.15) is 16.1 Å². The molecule has 1 amide bonds. The van der Waals surface area contributed by atoms with Gasteiger partial charge in [-0.3, -0.25) is 4.79 Å². The largest absolute Gasteiger partial charge is 0.325 e. The van der Waals surface area contributed by atoms with E-state index in [1.807, 2.05) is 56.5 Å². The number of fused-ring (bicyclic) bond motifs is 1. The summed E-state index contributed by atoms with van der Waals surface area (Å²) in [6.07, 6.45) is 0. The van der Waals surface area contributed by atoms with E-state index in [1.54, 1.807) is 22.7 Å². The van der Waals surface area contributed by atoms with Crippen LogP contribution >= 0.6 is 34.4 Å². The van der Waals surface area contributed by atoms with Gasteiger partial charge in [-0.1, -0.05) is 30.0 Å². The molecule has 0 aliphatic rings. The molecule has 4 aromatic rings. The fourth-order valence-corrected chi connectivity index (χ4v) is 5.27. The third kappa shape index (κ3) is 3.94. The first kappa shape index (κ1) is 19.0. The third-order valence-corrected chi connectivity index (χ3v) is 6.96. The van der Waals surface area contributed by atoms with Crippen LogP contribution in [0.5, 0.6) is 0 Å². The maximum atomic E-state index is 12.4. The number of carbonyl (C=O) groups is 1. The number of carbonyl (C=O) groups excluding carboxylic acids is 1. The zero-order chi connectivity index (χ0) is 19.7. The second-order valence-electron chi connectivity index (χ2n) is 6.40. The van der Waals surface area contributed by atoms with Gasteiger partial charge in [0.05, 0.1) is 20.3 Å². The molecule has 0 unspecified atom stereocenters. The second kappa shape index (κ2) is 7.98. The molecule has 0 atom stereocenters. The number of thiophene rings is 1. The molecule has 0 saturated carbocycles. The van der Waals surface area contributed by atoms with Crippen LogP contribution in [0.3, 0.4) is 0 Å². The molecule has 0 saturated heterocycles. The molecule has 142 valence electrons. The topological polar surface area (TPSA) is 67.8 Å². The maximum absolute atomic E-state index is 12.4. The van der Waals surface area contributed by atoms with Gasteiger partial charge in [0.25, 0.3) is 0 Å². The molecule has 5 nitrogen and oxygen atoms in total. The second-order valence-corrected chi connectivity index (χ2v) is 9.51. The Morgan fingerprint density at radius 2 is 2.04 bits per heavy atom. The molecule has 0 bridgehead atoms. The van der Waals surface area contributed by atoms with E-state index in [-0.39, 0.29) is 11.7 Å². The number of aromatic nitrogens is 3. The Bertz CT molecular complexity index is 1150. The fraction of sp³-hybridized carbons (Fsp3) is 0.200. The first-order valence-corrected chi connectivity index (χ1v) is 11.4. The number of nitrogens with one attached hydrogen (secondary N) is 1. The number of hydrogen-bond donors (Lipinski definition) is 1. The van der Waals surface area contributed by atoms with Gasteiger partial charge < -0.3 is 5.32 Å². The highest BCUT2D eigenvalue weighted by Crippen LogP contribution is 2.36. The molecule has 3 heterocycles. The van der Waals surface area contributed by atoms with Gasteiger partial charge in [0.15, 0.2) is 0 Å². The lowest BCUT2D eigenvalue weighted by molar-refractivity contribution is -0.113. The number of nitrogens with zero attached hydrogens (tertiary/aromatic N) is 3. The number of rotatable bonds is 5. The maximum Gasteiger partial charge on any atom is 0.234 e. The predicted molar refractivity (Wildman–Crippen MR) is 119 cm³/mol. The van der Waals surface area contributed by atoms with Gasteiger partial charge in [0.1, 0.15) is 16.2 Å². The SMILES string of the molecule is Cc1ccc(C)c(NC(=O)CSc2nnc(-c3cccs3)c3sc(C)nc23)c1. The Labute approximate surface area is 175 Å². The van der Waals surface area contributed by atoms with Crippen molar-refractivity contribution in [2.75, 3.05) is 11.1 Å². The van der Waals surface area contributed by atoms with Gasteiger partial charge in [-0.25, -0.2) is 4.98 Å². The summed E-state index contributed by atoms with van der Waals surface area (Å²) in [7, 11) is 0. The Balaban J connectivity index is 1.54. The average Bonchev–Trinajstić information content (AvgIpc) is 3.32. The number of aryl methyl sites for hydroxylation is 3. The molecule has 1 N–H and O–H groups in total. The van der Waals surface area contributed by atoms with E-state index in [0.29, 0.717) is 5.03 Å². The molecule has 0 spiro atoms. The molecule has 0 aliphatic heterocycles. The summed E-state index contributed by atoms with van der Waals surface area (Å²) >= 11 is 4.61. The lowest BCUT2D eigenvalue weighted by atomic mass is 10.1. The molecule has 28 heavy (non-hydrogen) atoms. The lowest BCUT2D eigenvalue weighted by Gasteiger charge is -2.09. The Morgan fingerprint density at radius 1 is 1.18 bits per heavy atom. The van der Waals surface area contributed by atoms with E-state index in [2.05, 4.69) is 20.5 Å². The minimum Gasteiger partial charge on any atom is -0.325 e. The third-order valence-electron chi connectivity index (χ3n) is 4.15. The number of hydrogen-bond acceptors (Lipinski definition) is 7. The van der Waals surface area contributed by atoms with E-state index in [0.717, 1.165) is 42.6 Å². The van der Waals surface area contributed by atoms with Crippen LogP contribution in [-0.4, -0.2) is 26.8 Å². The summed E-state index contributed by atoms with van der Waals surface area (Å²) in [5.74, 6) is 0.189. The molecule has 3 aromatic heterocycles. The van der Waals surface area contributed by atoms with Crippen LogP contribution in [0.4, 0.5) is 5.69 Å². The van der Waals surface area contributed by atoms with Crippen molar-refractivity contribution in [3.63, 3.8) is 0 Å². The van der Waals surface area contributed by atoms with E-state index in [9.17, 15) is 4.79 Å². The number of thiazole rings is 1. The molecule has 1 aromatic carbocycles. The molecule has 0 fully saturated rings. The lowest BCUT2D eigenvalue weighted by Crippen LogP contribution is -2.15. The normalized spacial score (nSPS) is 11.1. The average molecular weight is 427 g/mol. The van der Waals surface area contributed by atoms with Crippen LogP contribution in [0.2, 0.25) is 0 Å². The van der Waals surface area contributed by atoms with Gasteiger partial charge in [-0.15, -0.1) is 32.9 Å². The monoisotopic (exact) mass is 426 g/mol. The number of amides is 1. The van der Waals surface area contributed by atoms with E-state index >= 15 is 0 Å². The van der Waals surface area contributed by atoms with Crippen molar-refractivity contribution in [2.24, 2.45) is 0 Å². The van der Waals surface area contributed by atoms with Crippen LogP contribution in [0, 0.1) is 20.8 Å². The van der Waals surface area contributed by atoms with Crippen LogP contribution in [-0.2, 0) is 4.79 Å². The Kier molecular flexibility index (Phi) is 5.43. The summed E-state index contributed by atoms with van der Waals surface area (Å²) in [6, 6.07) is 10.1. The minimum absolute atomic E-state index is 0.0667. The van der Waals surface area contributed by atoms with Crippen LogP contribution in [0.25, 0.3) is 20.8 Å². The molecular weight excluding hydrogens is 408 g/mol. The van der Waals surface area contributed by atoms with Crippen LogP contribution < -0.4 is 5.32 Å². The van der Waals surface area contributed by atoms with E-state index in [4.69, 9.17) is 0 Å². The molecule has 0 aliphatic carbocycles. The van der Waals surface area contributed by atoms with Crippen molar-refractivity contribution in [1.29, 1.82) is 0 Å². The van der Waals surface area contributed by atoms with Crippen molar-refractivity contribution in [3.8, 4) is 10.6 Å². The Hall–Kier alpha value is -2.29. The zero-order valence-corrected chi connectivity index (χ0v) is 18.1. The smallest absolute Gasteiger partial charge is 0.234 e. The molecule has 0 radical (unpaired) electrons. The van der Waals surface area contributed by atoms with Crippen molar-refractivity contribution in [1.82, 2.24) is 15.2 Å². The number of benzene rings is 1. The van der Waals surface area contributed by atoms with Gasteiger partial charge in [-0.2, -0.15) is 0 Å². The summed E-state index contributed by atoms with van der Waals surface area (Å²) in [5, 5.41) is 15.5. The van der Waals surface area contributed by atoms with Crippen molar-refractivity contribution in [2.45, 2.75) is 25.8 Å². The van der Waals surface area contributed by atoms with Gasteiger partial charge in [-0.05, 0) is 49.4 Å². The van der Waals surface area contributed by atoms with Crippen molar-refractivity contribution >= 4 is 56.2 Å². The minimum atomic E-state index is -0.0667. The van der Waals surface area contributed by atoms with E-state index < -0.39 is 0 Å². The first-order chi connectivity index (χ1) is 13.5. The highest BCUT2D eigenvalue weighted by atomic mass is 32.2. The summed E-state index contributed by atoms with van der Waals surface area (Å²) in [4.78, 5) is 18.2. The summed E-state index contributed by atoms with van der Waals surface area (Å²) in [6.45, 7) is 5.97. The van der Waals surface area contributed by atoms with Crippen molar-refractivity contribution < 1.29 is 4.79 Å².